The largest absolute Gasteiger partial charge is 0.468 e. The Bertz CT molecular complexity index is 914. The minimum atomic E-state index is -1.70. The number of nitro benzene ring substituents is 1. The Labute approximate surface area is 173 Å². The first-order chi connectivity index (χ1) is 14.3. The Morgan fingerprint density at radius 3 is 2.10 bits per heavy atom. The summed E-state index contributed by atoms with van der Waals surface area (Å²) in [5.74, 6) is -1.49. The molecule has 2 aromatic rings. The Hall–Kier alpha value is -3.30. The summed E-state index contributed by atoms with van der Waals surface area (Å²) in [4.78, 5) is 42.6. The highest BCUT2D eigenvalue weighted by atomic mass is 16.7. The zero-order chi connectivity index (χ0) is 21.9. The fourth-order valence-corrected chi connectivity index (χ4v) is 3.97. The molecular weight excluding hydrogens is 392 g/mol. The maximum absolute atomic E-state index is 13.0. The van der Waals surface area contributed by atoms with Crippen LogP contribution in [0.5, 0.6) is 0 Å². The van der Waals surface area contributed by atoms with Crippen molar-refractivity contribution in [3.63, 3.8) is 0 Å². The number of hydroxylamine groups is 2. The van der Waals surface area contributed by atoms with Crippen molar-refractivity contribution >= 4 is 17.6 Å². The van der Waals surface area contributed by atoms with E-state index in [-0.39, 0.29) is 12.1 Å². The molecule has 2 atom stereocenters. The molecule has 0 N–H and O–H groups in total. The summed E-state index contributed by atoms with van der Waals surface area (Å²) in [5.41, 5.74) is -0.518. The monoisotopic (exact) mass is 414 g/mol. The molecule has 1 aliphatic rings. The molecule has 0 bridgehead atoms. The molecule has 30 heavy (non-hydrogen) atoms. The molecule has 1 heterocycles. The molecule has 1 saturated heterocycles. The molecule has 158 valence electrons. The van der Waals surface area contributed by atoms with E-state index in [1.165, 1.54) is 31.4 Å². The quantitative estimate of drug-likeness (QED) is 0.318. The highest BCUT2D eigenvalue weighted by Gasteiger charge is 2.61. The molecule has 0 radical (unpaired) electrons. The highest BCUT2D eigenvalue weighted by Crippen LogP contribution is 2.51. The van der Waals surface area contributed by atoms with Crippen molar-refractivity contribution in [1.29, 1.82) is 0 Å². The second-order valence-electron chi connectivity index (χ2n) is 6.96. The van der Waals surface area contributed by atoms with Gasteiger partial charge in [0.2, 0.25) is 0 Å². The first-order valence-corrected chi connectivity index (χ1v) is 9.21. The molecule has 9 heteroatoms. The summed E-state index contributed by atoms with van der Waals surface area (Å²) < 4.78 is 10.1. The molecule has 0 amide bonds. The lowest BCUT2D eigenvalue weighted by atomic mass is 9.70. The van der Waals surface area contributed by atoms with Gasteiger partial charge in [-0.3, -0.25) is 24.5 Å². The zero-order valence-corrected chi connectivity index (χ0v) is 16.8. The van der Waals surface area contributed by atoms with E-state index < -0.39 is 34.4 Å². The van der Waals surface area contributed by atoms with E-state index in [9.17, 15) is 19.7 Å². The number of hydrogen-bond acceptors (Lipinski definition) is 8. The average Bonchev–Trinajstić information content (AvgIpc) is 2.77. The van der Waals surface area contributed by atoms with Crippen molar-refractivity contribution in [2.75, 3.05) is 21.3 Å². The van der Waals surface area contributed by atoms with Gasteiger partial charge in [0, 0.05) is 25.6 Å². The minimum Gasteiger partial charge on any atom is -0.468 e. The van der Waals surface area contributed by atoms with Crippen LogP contribution in [0.3, 0.4) is 0 Å². The van der Waals surface area contributed by atoms with Gasteiger partial charge in [-0.2, -0.15) is 5.06 Å². The maximum Gasteiger partial charge on any atom is 0.325 e. The van der Waals surface area contributed by atoms with Crippen LogP contribution < -0.4 is 0 Å². The summed E-state index contributed by atoms with van der Waals surface area (Å²) in [7, 11) is 4.05. The molecule has 3 rings (SSSR count). The standard InChI is InChI=1S/C21H22N2O7/c1-22-18(15-7-5-4-6-8-15)21(19(24)28-2,20(25)29-3)13-17(30-22)14-9-11-16(12-10-14)23(26)27/h4-12,17-18H,13H2,1-3H3/t17-,18-/m1/s1. The first kappa shape index (κ1) is 21.4. The molecule has 0 spiro atoms. The Morgan fingerprint density at radius 2 is 1.60 bits per heavy atom. The fourth-order valence-electron chi connectivity index (χ4n) is 3.97. The molecule has 0 saturated carbocycles. The molecule has 0 aromatic heterocycles. The van der Waals surface area contributed by atoms with Gasteiger partial charge in [-0.05, 0) is 23.3 Å². The number of carbonyl (C=O) groups excluding carboxylic acids is 2. The number of carbonyl (C=O) groups is 2. The van der Waals surface area contributed by atoms with Crippen LogP contribution >= 0.6 is 0 Å². The number of rotatable bonds is 5. The van der Waals surface area contributed by atoms with Gasteiger partial charge in [0.1, 0.15) is 6.10 Å². The van der Waals surface area contributed by atoms with Crippen LogP contribution in [0.4, 0.5) is 5.69 Å². The second-order valence-corrected chi connectivity index (χ2v) is 6.96. The fraction of sp³-hybridized carbons (Fsp3) is 0.333. The van der Waals surface area contributed by atoms with E-state index in [2.05, 4.69) is 0 Å². The van der Waals surface area contributed by atoms with Crippen molar-refractivity contribution in [3.8, 4) is 0 Å². The van der Waals surface area contributed by atoms with Crippen LogP contribution in [0, 0.1) is 15.5 Å². The molecule has 1 fully saturated rings. The SMILES string of the molecule is COC(=O)C1(C(=O)OC)C[C@H](c2ccc([N+](=O)[O-])cc2)ON(C)[C@@H]1c1ccccc1. The lowest BCUT2D eigenvalue weighted by Crippen LogP contribution is -2.55. The summed E-state index contributed by atoms with van der Waals surface area (Å²) in [6.45, 7) is 0. The number of non-ortho nitro benzene ring substituents is 1. The summed E-state index contributed by atoms with van der Waals surface area (Å²) in [6, 6.07) is 14.0. The third-order valence-corrected chi connectivity index (χ3v) is 5.32. The number of ether oxygens (including phenoxy) is 2. The van der Waals surface area contributed by atoms with Crippen molar-refractivity contribution in [2.24, 2.45) is 5.41 Å². The number of nitrogens with zero attached hydrogens (tertiary/aromatic N) is 2. The smallest absolute Gasteiger partial charge is 0.325 e. The summed E-state index contributed by atoms with van der Waals surface area (Å²) in [5, 5.41) is 12.4. The average molecular weight is 414 g/mol. The number of benzene rings is 2. The van der Waals surface area contributed by atoms with Gasteiger partial charge in [0.05, 0.1) is 25.2 Å². The lowest BCUT2D eigenvalue weighted by molar-refractivity contribution is -0.384. The number of nitro groups is 1. The Morgan fingerprint density at radius 1 is 1.03 bits per heavy atom. The zero-order valence-electron chi connectivity index (χ0n) is 16.8. The Kier molecular flexibility index (Phi) is 6.14. The van der Waals surface area contributed by atoms with Gasteiger partial charge in [0.25, 0.3) is 5.69 Å². The highest BCUT2D eigenvalue weighted by molar-refractivity contribution is 6.01. The minimum absolute atomic E-state index is 0.0614. The van der Waals surface area contributed by atoms with Crippen molar-refractivity contribution in [2.45, 2.75) is 18.6 Å². The van der Waals surface area contributed by atoms with Crippen molar-refractivity contribution < 1.29 is 28.8 Å². The first-order valence-electron chi connectivity index (χ1n) is 9.21. The molecule has 9 nitrogen and oxygen atoms in total. The normalized spacial score (nSPS) is 20.9. The van der Waals surface area contributed by atoms with E-state index in [0.29, 0.717) is 11.1 Å². The van der Waals surface area contributed by atoms with E-state index >= 15 is 0 Å². The van der Waals surface area contributed by atoms with Crippen LogP contribution in [0.1, 0.15) is 29.7 Å². The van der Waals surface area contributed by atoms with Crippen molar-refractivity contribution in [1.82, 2.24) is 5.06 Å². The lowest BCUT2D eigenvalue weighted by Gasteiger charge is -2.47. The van der Waals surface area contributed by atoms with Gasteiger partial charge in [-0.25, -0.2) is 0 Å². The maximum atomic E-state index is 13.0. The van der Waals surface area contributed by atoms with Gasteiger partial charge in [-0.15, -0.1) is 0 Å². The Balaban J connectivity index is 2.11. The van der Waals surface area contributed by atoms with Crippen LogP contribution in [-0.2, 0) is 23.9 Å². The molecule has 2 aromatic carbocycles. The predicted octanol–water partition coefficient (Wildman–Crippen LogP) is 2.98. The third-order valence-electron chi connectivity index (χ3n) is 5.32. The van der Waals surface area contributed by atoms with Gasteiger partial charge >= 0.3 is 11.9 Å². The van der Waals surface area contributed by atoms with Crippen molar-refractivity contribution in [3.05, 3.63) is 75.8 Å². The molecule has 0 aliphatic carbocycles. The third kappa shape index (κ3) is 3.64. The van der Waals surface area contributed by atoms with Gasteiger partial charge in [0.15, 0.2) is 5.41 Å². The van der Waals surface area contributed by atoms with Crippen LogP contribution in [0.15, 0.2) is 54.6 Å². The van der Waals surface area contributed by atoms with E-state index in [0.717, 1.165) is 0 Å². The predicted molar refractivity (Wildman–Crippen MR) is 105 cm³/mol. The summed E-state index contributed by atoms with van der Waals surface area (Å²) in [6.07, 6.45) is -0.789. The number of methoxy groups -OCH3 is 2. The molecular formula is C21H22N2O7. The van der Waals surface area contributed by atoms with Crippen LogP contribution in [0.2, 0.25) is 0 Å². The number of hydrogen-bond donors (Lipinski definition) is 0. The molecule has 0 unspecified atom stereocenters. The topological polar surface area (TPSA) is 108 Å². The molecule has 1 aliphatic heterocycles. The second kappa shape index (κ2) is 8.60. The van der Waals surface area contributed by atoms with E-state index in [4.69, 9.17) is 14.3 Å². The van der Waals surface area contributed by atoms with Gasteiger partial charge in [-0.1, -0.05) is 30.3 Å². The van der Waals surface area contributed by atoms with E-state index in [1.807, 2.05) is 6.07 Å². The summed E-state index contributed by atoms with van der Waals surface area (Å²) >= 11 is 0. The van der Waals surface area contributed by atoms with Gasteiger partial charge < -0.3 is 9.47 Å². The van der Waals surface area contributed by atoms with Crippen LogP contribution in [0.25, 0.3) is 0 Å². The van der Waals surface area contributed by atoms with Crippen LogP contribution in [-0.4, -0.2) is 43.2 Å². The number of esters is 2. The van der Waals surface area contributed by atoms with E-state index in [1.54, 1.807) is 43.4 Å².